The van der Waals surface area contributed by atoms with Gasteiger partial charge in [0.2, 0.25) is 0 Å². The molecule has 0 radical (unpaired) electrons. The fourth-order valence-electron chi connectivity index (χ4n) is 4.21. The molecule has 0 atom stereocenters. The van der Waals surface area contributed by atoms with Crippen LogP contribution in [-0.4, -0.2) is 0 Å². The molecular formula is C30H23P. The van der Waals surface area contributed by atoms with Crippen molar-refractivity contribution in [3.8, 4) is 11.6 Å². The molecule has 31 heavy (non-hydrogen) atoms. The summed E-state index contributed by atoms with van der Waals surface area (Å²) >= 11 is 0. The molecule has 5 aromatic rings. The van der Waals surface area contributed by atoms with Crippen molar-refractivity contribution in [3.63, 3.8) is 0 Å². The normalized spacial score (nSPS) is 11.5. The first kappa shape index (κ1) is 19.3. The summed E-state index contributed by atoms with van der Waals surface area (Å²) in [5, 5.41) is 6.38. The summed E-state index contributed by atoms with van der Waals surface area (Å²) in [6.07, 6.45) is 0. The topological polar surface area (TPSA) is 0 Å². The van der Waals surface area contributed by atoms with Crippen molar-refractivity contribution in [2.75, 3.05) is 0 Å². The van der Waals surface area contributed by atoms with Gasteiger partial charge in [0.15, 0.2) is 0 Å². The first-order valence-electron chi connectivity index (χ1n) is 10.5. The molecule has 0 spiro atoms. The van der Waals surface area contributed by atoms with Gasteiger partial charge in [-0.15, -0.1) is 0 Å². The van der Waals surface area contributed by atoms with Gasteiger partial charge in [-0.05, 0) is 0 Å². The van der Waals surface area contributed by atoms with Gasteiger partial charge < -0.3 is 0 Å². The van der Waals surface area contributed by atoms with E-state index in [1.807, 2.05) is 0 Å². The van der Waals surface area contributed by atoms with E-state index in [0.717, 1.165) is 5.56 Å². The summed E-state index contributed by atoms with van der Waals surface area (Å²) < 4.78 is 0. The van der Waals surface area contributed by atoms with E-state index >= 15 is 0 Å². The number of benzene rings is 5. The Hall–Kier alpha value is -3.65. The monoisotopic (exact) mass is 414 g/mol. The van der Waals surface area contributed by atoms with Crippen molar-refractivity contribution in [1.29, 1.82) is 0 Å². The van der Waals surface area contributed by atoms with Crippen LogP contribution in [0.3, 0.4) is 0 Å². The Morgan fingerprint density at radius 1 is 0.419 bits per heavy atom. The van der Waals surface area contributed by atoms with E-state index in [9.17, 15) is 0 Å². The first-order chi connectivity index (χ1) is 15.4. The predicted octanol–water partition coefficient (Wildman–Crippen LogP) is 5.88. The fraction of sp³-hybridized carbons (Fsp3) is 0. The quantitative estimate of drug-likeness (QED) is 0.256. The second-order valence-electron chi connectivity index (χ2n) is 7.66. The van der Waals surface area contributed by atoms with Gasteiger partial charge in [0.05, 0.1) is 0 Å². The average molecular weight is 414 g/mol. The van der Waals surface area contributed by atoms with Gasteiger partial charge in [-0.25, -0.2) is 0 Å². The zero-order valence-corrected chi connectivity index (χ0v) is 18.2. The van der Waals surface area contributed by atoms with E-state index in [4.69, 9.17) is 0 Å². The van der Waals surface area contributed by atoms with Crippen molar-refractivity contribution in [3.05, 3.63) is 139 Å². The molecule has 1 heteroatoms. The summed E-state index contributed by atoms with van der Waals surface area (Å²) in [6.45, 7) is 0. The third-order valence-electron chi connectivity index (χ3n) is 5.76. The molecule has 0 N–H and O–H groups in total. The van der Waals surface area contributed by atoms with Gasteiger partial charge in [-0.3, -0.25) is 0 Å². The summed E-state index contributed by atoms with van der Waals surface area (Å²) in [6, 6.07) is 47.4. The Morgan fingerprint density at radius 3 is 1.39 bits per heavy atom. The zero-order valence-electron chi connectivity index (χ0n) is 17.2. The minimum atomic E-state index is -2.54. The van der Waals surface area contributed by atoms with Crippen LogP contribution in [0.1, 0.15) is 5.56 Å². The van der Waals surface area contributed by atoms with E-state index in [2.05, 4.69) is 145 Å². The van der Waals surface area contributed by atoms with Gasteiger partial charge in [0, 0.05) is 0 Å². The van der Waals surface area contributed by atoms with Crippen LogP contribution in [0.15, 0.2) is 133 Å². The van der Waals surface area contributed by atoms with Crippen molar-refractivity contribution >= 4 is 33.9 Å². The second kappa shape index (κ2) is 8.61. The maximum absolute atomic E-state index is 3.85. The van der Waals surface area contributed by atoms with Crippen molar-refractivity contribution in [2.24, 2.45) is 0 Å². The molecule has 0 aliphatic rings. The van der Waals surface area contributed by atoms with Crippen LogP contribution < -0.4 is 15.9 Å². The van der Waals surface area contributed by atoms with Crippen molar-refractivity contribution in [2.45, 2.75) is 0 Å². The molecule has 0 unspecified atom stereocenters. The maximum atomic E-state index is 3.85. The molecule has 0 bridgehead atoms. The molecule has 148 valence electrons. The van der Waals surface area contributed by atoms with Crippen LogP contribution in [0.25, 0.3) is 10.8 Å². The van der Waals surface area contributed by atoms with Crippen LogP contribution in [0.2, 0.25) is 0 Å². The van der Waals surface area contributed by atoms with Gasteiger partial charge in [-0.2, -0.15) is 0 Å². The number of hydrogen-bond donors (Lipinski definition) is 0. The predicted molar refractivity (Wildman–Crippen MR) is 137 cm³/mol. The standard InChI is InChI=1S/C30H23P/c1-4-14-28(15-5-1)31(29-16-6-2-7-17-29,30-18-8-3-9-19-30)23-22-25-20-21-26-12-10-11-13-27(26)24-25/h1-21,24,31H. The molecule has 0 aromatic heterocycles. The Balaban J connectivity index is 1.77. The van der Waals surface area contributed by atoms with E-state index in [1.165, 1.54) is 26.7 Å². The average Bonchev–Trinajstić information content (AvgIpc) is 2.86. The Kier molecular flexibility index (Phi) is 5.37. The summed E-state index contributed by atoms with van der Waals surface area (Å²) in [5.74, 6) is 3.58. The molecule has 0 heterocycles. The second-order valence-corrected chi connectivity index (χ2v) is 11.1. The van der Waals surface area contributed by atoms with Crippen molar-refractivity contribution < 1.29 is 0 Å². The number of fused-ring (bicyclic) bond motifs is 1. The summed E-state index contributed by atoms with van der Waals surface area (Å²) in [7, 11) is -2.54. The van der Waals surface area contributed by atoms with Crippen LogP contribution in [0, 0.1) is 11.6 Å². The molecule has 5 aromatic carbocycles. The Morgan fingerprint density at radius 2 is 0.871 bits per heavy atom. The molecule has 5 rings (SSSR count). The molecule has 0 nitrogen and oxygen atoms in total. The SMILES string of the molecule is C(#C[PH](c1ccccc1)(c1ccccc1)c1ccccc1)c1ccc2ccccc2c1. The van der Waals surface area contributed by atoms with Gasteiger partial charge in [0.1, 0.15) is 0 Å². The zero-order chi connectivity index (χ0) is 20.9. The number of rotatable bonds is 3. The van der Waals surface area contributed by atoms with Gasteiger partial charge in [-0.1, -0.05) is 0 Å². The number of hydrogen-bond acceptors (Lipinski definition) is 0. The molecule has 0 aliphatic heterocycles. The molecule has 0 aliphatic carbocycles. The third-order valence-corrected chi connectivity index (χ3v) is 9.86. The van der Waals surface area contributed by atoms with E-state index < -0.39 is 7.26 Å². The van der Waals surface area contributed by atoms with Crippen LogP contribution in [0.4, 0.5) is 0 Å². The fourth-order valence-corrected chi connectivity index (χ4v) is 8.06. The first-order valence-corrected chi connectivity index (χ1v) is 12.5. The molecular weight excluding hydrogens is 391 g/mol. The van der Waals surface area contributed by atoms with E-state index in [0.29, 0.717) is 0 Å². The van der Waals surface area contributed by atoms with E-state index in [1.54, 1.807) is 0 Å². The molecule has 0 fully saturated rings. The Labute approximate surface area is 184 Å². The Bertz CT molecular complexity index is 1260. The van der Waals surface area contributed by atoms with Crippen molar-refractivity contribution in [1.82, 2.24) is 0 Å². The minimum absolute atomic E-state index is 1.05. The summed E-state index contributed by atoms with van der Waals surface area (Å²) in [4.78, 5) is 0. The third kappa shape index (κ3) is 3.77. The van der Waals surface area contributed by atoms with E-state index in [-0.39, 0.29) is 0 Å². The van der Waals surface area contributed by atoms with Crippen LogP contribution in [0.5, 0.6) is 0 Å². The van der Waals surface area contributed by atoms with Gasteiger partial charge in [0.25, 0.3) is 0 Å². The summed E-state index contributed by atoms with van der Waals surface area (Å²) in [5.41, 5.74) is 4.91. The molecule has 0 saturated heterocycles. The molecule has 0 saturated carbocycles. The van der Waals surface area contributed by atoms with Crippen LogP contribution in [-0.2, 0) is 0 Å². The molecule has 0 amide bonds. The van der Waals surface area contributed by atoms with Crippen LogP contribution >= 0.6 is 7.26 Å². The van der Waals surface area contributed by atoms with Gasteiger partial charge >= 0.3 is 185 Å².